The minimum atomic E-state index is -0.876. The molecule has 30 heavy (non-hydrogen) atoms. The Morgan fingerprint density at radius 3 is 2.73 bits per heavy atom. The molecular formula is C21H32FN3O5. The fourth-order valence-corrected chi connectivity index (χ4v) is 3.45. The first-order valence-corrected chi connectivity index (χ1v) is 10.4. The van der Waals surface area contributed by atoms with E-state index in [0.717, 1.165) is 18.8 Å². The van der Waals surface area contributed by atoms with Gasteiger partial charge in [0.05, 0.1) is 38.6 Å². The molecule has 1 aromatic rings. The van der Waals surface area contributed by atoms with Crippen LogP contribution in [0.4, 0.5) is 10.1 Å². The molecule has 2 saturated heterocycles. The molecule has 2 aliphatic rings. The highest BCUT2D eigenvalue weighted by Crippen LogP contribution is 2.31. The zero-order chi connectivity index (χ0) is 21.5. The van der Waals surface area contributed by atoms with Crippen LogP contribution in [0, 0.1) is 11.8 Å². The number of hydrogen-bond acceptors (Lipinski definition) is 7. The molecular weight excluding hydrogens is 393 g/mol. The van der Waals surface area contributed by atoms with Crippen molar-refractivity contribution in [1.82, 2.24) is 10.3 Å². The van der Waals surface area contributed by atoms with E-state index in [-0.39, 0.29) is 30.4 Å². The molecule has 1 N–H and O–H groups in total. The second-order valence-corrected chi connectivity index (χ2v) is 8.28. The molecule has 8 nitrogen and oxygen atoms in total. The van der Waals surface area contributed by atoms with Crippen LogP contribution >= 0.6 is 0 Å². The van der Waals surface area contributed by atoms with E-state index < -0.39 is 6.86 Å². The zero-order valence-corrected chi connectivity index (χ0v) is 17.9. The fourth-order valence-electron chi connectivity index (χ4n) is 3.45. The van der Waals surface area contributed by atoms with Gasteiger partial charge in [-0.3, -0.25) is 4.79 Å². The van der Waals surface area contributed by atoms with Crippen molar-refractivity contribution in [2.75, 3.05) is 58.4 Å². The normalized spacial score (nSPS) is 18.1. The van der Waals surface area contributed by atoms with Crippen molar-refractivity contribution in [3.63, 3.8) is 0 Å². The second-order valence-electron chi connectivity index (χ2n) is 8.28. The molecule has 0 bridgehead atoms. The third kappa shape index (κ3) is 6.02. The molecule has 0 saturated carbocycles. The first kappa shape index (κ1) is 22.7. The molecule has 0 radical (unpaired) electrons. The lowest BCUT2D eigenvalue weighted by Gasteiger charge is -2.40. The molecule has 0 aromatic carbocycles. The molecule has 1 atom stereocenters. The van der Waals surface area contributed by atoms with Crippen LogP contribution in [-0.2, 0) is 14.2 Å². The van der Waals surface area contributed by atoms with Crippen molar-refractivity contribution in [1.29, 1.82) is 0 Å². The monoisotopic (exact) mass is 425 g/mol. The molecule has 1 unspecified atom stereocenters. The van der Waals surface area contributed by atoms with Crippen molar-refractivity contribution in [2.45, 2.75) is 32.4 Å². The van der Waals surface area contributed by atoms with E-state index in [1.54, 1.807) is 13.2 Å². The number of hydrogen-bond donors (Lipinski definition) is 1. The highest BCUT2D eigenvalue weighted by molar-refractivity contribution is 5.93. The van der Waals surface area contributed by atoms with Crippen molar-refractivity contribution < 1.29 is 28.1 Å². The Hall–Kier alpha value is -1.97. The summed E-state index contributed by atoms with van der Waals surface area (Å²) in [7, 11) is 1.70. The maximum Gasteiger partial charge on any atom is 0.270 e. The van der Waals surface area contributed by atoms with E-state index in [0.29, 0.717) is 44.0 Å². The van der Waals surface area contributed by atoms with Gasteiger partial charge < -0.3 is 29.2 Å². The van der Waals surface area contributed by atoms with Gasteiger partial charge in [0, 0.05) is 26.1 Å². The van der Waals surface area contributed by atoms with Gasteiger partial charge in [-0.1, -0.05) is 13.8 Å². The fraction of sp³-hybridized carbons (Fsp3) is 0.714. The first-order valence-electron chi connectivity index (χ1n) is 10.4. The topological polar surface area (TPSA) is 82.2 Å². The van der Waals surface area contributed by atoms with Crippen molar-refractivity contribution >= 4 is 11.6 Å². The van der Waals surface area contributed by atoms with Gasteiger partial charge in [0.25, 0.3) is 5.91 Å². The number of aromatic nitrogens is 1. The molecule has 9 heteroatoms. The van der Waals surface area contributed by atoms with Gasteiger partial charge in [0.2, 0.25) is 5.88 Å². The number of nitrogens with one attached hydrogen (secondary N) is 1. The van der Waals surface area contributed by atoms with Crippen LogP contribution in [0.2, 0.25) is 0 Å². The summed E-state index contributed by atoms with van der Waals surface area (Å²) < 4.78 is 33.8. The van der Waals surface area contributed by atoms with Gasteiger partial charge in [-0.15, -0.1) is 0 Å². The summed E-state index contributed by atoms with van der Waals surface area (Å²) in [4.78, 5) is 19.4. The molecule has 2 fully saturated rings. The van der Waals surface area contributed by atoms with Gasteiger partial charge in [0.1, 0.15) is 11.4 Å². The number of nitrogens with zero attached hydrogens (tertiary/aromatic N) is 2. The third-order valence-electron chi connectivity index (χ3n) is 5.25. The molecule has 1 amide bonds. The molecule has 0 spiro atoms. The van der Waals surface area contributed by atoms with E-state index in [2.05, 4.69) is 15.2 Å². The number of pyridine rings is 1. The van der Waals surface area contributed by atoms with Crippen LogP contribution < -0.4 is 15.0 Å². The first-order chi connectivity index (χ1) is 14.5. The minimum Gasteiger partial charge on any atom is -0.476 e. The summed E-state index contributed by atoms with van der Waals surface area (Å²) in [6.45, 7) is 6.68. The number of anilines is 1. The predicted molar refractivity (Wildman–Crippen MR) is 110 cm³/mol. The van der Waals surface area contributed by atoms with E-state index in [9.17, 15) is 9.18 Å². The van der Waals surface area contributed by atoms with Crippen LogP contribution in [0.3, 0.4) is 0 Å². The Balaban J connectivity index is 1.70. The number of halogens is 1. The SMILES string of the molecule is COC1CN(c2ccc(C(=O)NC(COCF)CC(C)C)nc2OCC2COC2)C1. The Kier molecular flexibility index (Phi) is 8.24. The highest BCUT2D eigenvalue weighted by atomic mass is 19.1. The van der Waals surface area contributed by atoms with Crippen LogP contribution in [0.5, 0.6) is 5.88 Å². The molecule has 2 aliphatic heterocycles. The van der Waals surface area contributed by atoms with Crippen molar-refractivity contribution in [3.05, 3.63) is 17.8 Å². The largest absolute Gasteiger partial charge is 0.476 e. The average molecular weight is 426 g/mol. The molecule has 168 valence electrons. The van der Waals surface area contributed by atoms with Gasteiger partial charge in [-0.05, 0) is 24.5 Å². The lowest BCUT2D eigenvalue weighted by Crippen LogP contribution is -2.52. The minimum absolute atomic E-state index is 0.121. The number of carbonyl (C=O) groups excluding carboxylic acids is 1. The lowest BCUT2D eigenvalue weighted by molar-refractivity contribution is -0.0514. The van der Waals surface area contributed by atoms with E-state index >= 15 is 0 Å². The molecule has 3 rings (SSSR count). The zero-order valence-electron chi connectivity index (χ0n) is 17.9. The summed E-state index contributed by atoms with van der Waals surface area (Å²) in [5.74, 6) is 0.778. The van der Waals surface area contributed by atoms with Gasteiger partial charge in [-0.2, -0.15) is 0 Å². The number of amides is 1. The number of ether oxygens (including phenoxy) is 4. The Bertz CT molecular complexity index is 695. The van der Waals surface area contributed by atoms with Gasteiger partial charge in [-0.25, -0.2) is 9.37 Å². The van der Waals surface area contributed by atoms with E-state index in [1.807, 2.05) is 19.9 Å². The Morgan fingerprint density at radius 2 is 2.13 bits per heavy atom. The number of methoxy groups -OCH3 is 1. The maximum atomic E-state index is 12.8. The molecule has 0 aliphatic carbocycles. The van der Waals surface area contributed by atoms with Gasteiger partial charge in [0.15, 0.2) is 6.86 Å². The second kappa shape index (κ2) is 10.9. The summed E-state index contributed by atoms with van der Waals surface area (Å²) >= 11 is 0. The summed E-state index contributed by atoms with van der Waals surface area (Å²) in [5, 5.41) is 2.90. The number of rotatable bonds is 12. The Morgan fingerprint density at radius 1 is 1.37 bits per heavy atom. The lowest BCUT2D eigenvalue weighted by atomic mass is 10.0. The quantitative estimate of drug-likeness (QED) is 0.549. The molecule has 3 heterocycles. The highest BCUT2D eigenvalue weighted by Gasteiger charge is 2.30. The summed E-state index contributed by atoms with van der Waals surface area (Å²) in [6, 6.07) is 3.26. The van der Waals surface area contributed by atoms with E-state index in [1.165, 1.54) is 0 Å². The Labute approximate surface area is 177 Å². The van der Waals surface area contributed by atoms with Crippen LogP contribution in [0.1, 0.15) is 30.8 Å². The van der Waals surface area contributed by atoms with Crippen LogP contribution in [0.25, 0.3) is 0 Å². The standard InChI is InChI=1S/C21H32FN3O5/c1-14(2)6-16(12-29-13-22)23-20(26)18-4-5-19(25-7-17(8-25)27-3)21(24-18)30-11-15-9-28-10-15/h4-5,14-17H,6-13H2,1-3H3,(H,23,26). The number of alkyl halides is 1. The van der Waals surface area contributed by atoms with Crippen molar-refractivity contribution in [2.24, 2.45) is 11.8 Å². The average Bonchev–Trinajstić information content (AvgIpc) is 2.64. The molecule has 1 aromatic heterocycles. The summed E-state index contributed by atoms with van der Waals surface area (Å²) in [6.07, 6.45) is 0.870. The van der Waals surface area contributed by atoms with Gasteiger partial charge >= 0.3 is 0 Å². The third-order valence-corrected chi connectivity index (χ3v) is 5.25. The van der Waals surface area contributed by atoms with Crippen LogP contribution in [-0.4, -0.2) is 76.5 Å². The van der Waals surface area contributed by atoms with E-state index in [4.69, 9.17) is 18.9 Å². The smallest absolute Gasteiger partial charge is 0.270 e. The van der Waals surface area contributed by atoms with Crippen LogP contribution in [0.15, 0.2) is 12.1 Å². The van der Waals surface area contributed by atoms with Crippen molar-refractivity contribution in [3.8, 4) is 5.88 Å². The maximum absolute atomic E-state index is 12.8. The summed E-state index contributed by atoms with van der Waals surface area (Å²) in [5.41, 5.74) is 1.11. The number of carbonyl (C=O) groups is 1. The predicted octanol–water partition coefficient (Wildman–Crippen LogP) is 2.03.